The average Bonchev–Trinajstić information content (AvgIpc) is 2.26. The number of carbonyl (C=O) groups excluding carboxylic acids is 1. The zero-order chi connectivity index (χ0) is 13.1. The number of carbonyl (C=O) groups is 2. The highest BCUT2D eigenvalue weighted by molar-refractivity contribution is 5.80. The molecule has 0 unspecified atom stereocenters. The van der Waals surface area contributed by atoms with Gasteiger partial charge in [0, 0.05) is 13.5 Å². The molecule has 4 nitrogen and oxygen atoms in total. The van der Waals surface area contributed by atoms with E-state index in [2.05, 4.69) is 5.32 Å². The number of carboxylic acid groups (broad SMARTS) is 1. The third-order valence-electron chi connectivity index (χ3n) is 2.75. The Morgan fingerprint density at radius 2 is 1.76 bits per heavy atom. The van der Waals surface area contributed by atoms with E-state index in [1.165, 1.54) is 6.92 Å². The van der Waals surface area contributed by atoms with E-state index in [-0.39, 0.29) is 5.91 Å². The summed E-state index contributed by atoms with van der Waals surface area (Å²) in [5.41, 5.74) is 0.800. The van der Waals surface area contributed by atoms with Gasteiger partial charge in [-0.3, -0.25) is 9.59 Å². The Morgan fingerprint density at radius 1 is 1.24 bits per heavy atom. The van der Waals surface area contributed by atoms with Gasteiger partial charge in [-0.15, -0.1) is 0 Å². The van der Waals surface area contributed by atoms with Gasteiger partial charge in [0.05, 0.1) is 5.41 Å². The molecule has 0 radical (unpaired) electrons. The summed E-state index contributed by atoms with van der Waals surface area (Å²) in [6, 6.07) is 7.22. The maximum Gasteiger partial charge on any atom is 0.313 e. The van der Waals surface area contributed by atoms with E-state index < -0.39 is 11.4 Å². The molecule has 17 heavy (non-hydrogen) atoms. The molecular weight excluding hydrogens is 218 g/mol. The summed E-state index contributed by atoms with van der Waals surface area (Å²) < 4.78 is 0. The van der Waals surface area contributed by atoms with Crippen molar-refractivity contribution in [2.75, 3.05) is 0 Å². The Morgan fingerprint density at radius 3 is 2.18 bits per heavy atom. The van der Waals surface area contributed by atoms with Crippen LogP contribution >= 0.6 is 0 Å². The van der Waals surface area contributed by atoms with Crippen LogP contribution in [-0.4, -0.2) is 17.0 Å². The van der Waals surface area contributed by atoms with Crippen molar-refractivity contribution < 1.29 is 14.7 Å². The van der Waals surface area contributed by atoms with Crippen molar-refractivity contribution in [3.8, 4) is 0 Å². The van der Waals surface area contributed by atoms with Crippen molar-refractivity contribution in [1.82, 2.24) is 5.32 Å². The molecule has 1 aromatic rings. The minimum Gasteiger partial charge on any atom is -0.481 e. The number of aliphatic carboxylic acids is 1. The lowest BCUT2D eigenvalue weighted by Gasteiger charge is -2.19. The van der Waals surface area contributed by atoms with Gasteiger partial charge in [0.25, 0.3) is 0 Å². The van der Waals surface area contributed by atoms with Gasteiger partial charge in [0.15, 0.2) is 0 Å². The average molecular weight is 235 g/mol. The lowest BCUT2D eigenvalue weighted by molar-refractivity contribution is -0.142. The van der Waals surface area contributed by atoms with Gasteiger partial charge in [-0.1, -0.05) is 24.3 Å². The topological polar surface area (TPSA) is 66.4 Å². The van der Waals surface area contributed by atoms with Gasteiger partial charge in [0.2, 0.25) is 5.91 Å². The number of rotatable bonds is 4. The fourth-order valence-corrected chi connectivity index (χ4v) is 1.39. The lowest BCUT2D eigenvalue weighted by Crippen LogP contribution is -2.28. The predicted molar refractivity (Wildman–Crippen MR) is 64.6 cm³/mol. The number of carboxylic acids is 1. The van der Waals surface area contributed by atoms with Gasteiger partial charge in [-0.25, -0.2) is 0 Å². The number of hydrogen-bond donors (Lipinski definition) is 2. The van der Waals surface area contributed by atoms with Gasteiger partial charge < -0.3 is 10.4 Å². The Bertz CT molecular complexity index is 421. The van der Waals surface area contributed by atoms with Crippen LogP contribution in [0, 0.1) is 0 Å². The van der Waals surface area contributed by atoms with Crippen LogP contribution < -0.4 is 5.32 Å². The van der Waals surface area contributed by atoms with Crippen LogP contribution in [-0.2, 0) is 21.5 Å². The van der Waals surface area contributed by atoms with Crippen molar-refractivity contribution in [1.29, 1.82) is 0 Å². The lowest BCUT2D eigenvalue weighted by atomic mass is 9.84. The molecule has 0 bridgehead atoms. The van der Waals surface area contributed by atoms with Gasteiger partial charge in [-0.05, 0) is 25.0 Å². The molecule has 0 saturated carbocycles. The number of nitrogens with one attached hydrogen (secondary N) is 1. The maximum absolute atomic E-state index is 11.1. The molecule has 0 aliphatic rings. The number of hydrogen-bond acceptors (Lipinski definition) is 2. The van der Waals surface area contributed by atoms with Crippen LogP contribution in [0.5, 0.6) is 0 Å². The monoisotopic (exact) mass is 235 g/mol. The van der Waals surface area contributed by atoms with Crippen LogP contribution in [0.25, 0.3) is 0 Å². The molecule has 1 rings (SSSR count). The first-order valence-electron chi connectivity index (χ1n) is 5.41. The quantitative estimate of drug-likeness (QED) is 0.834. The Labute approximate surface area is 101 Å². The van der Waals surface area contributed by atoms with E-state index in [0.29, 0.717) is 6.54 Å². The van der Waals surface area contributed by atoms with E-state index in [4.69, 9.17) is 5.11 Å². The second kappa shape index (κ2) is 4.99. The van der Waals surface area contributed by atoms with Gasteiger partial charge >= 0.3 is 5.97 Å². The largest absolute Gasteiger partial charge is 0.481 e. The summed E-state index contributed by atoms with van der Waals surface area (Å²) >= 11 is 0. The normalized spacial score (nSPS) is 11.0. The predicted octanol–water partition coefficient (Wildman–Crippen LogP) is 1.68. The Balaban J connectivity index is 2.81. The second-order valence-corrected chi connectivity index (χ2v) is 4.54. The Hall–Kier alpha value is -1.84. The SMILES string of the molecule is CC(=O)NCc1ccc(C(C)(C)C(=O)O)cc1. The molecule has 0 aromatic heterocycles. The van der Waals surface area contributed by atoms with Crippen molar-refractivity contribution in [2.24, 2.45) is 0 Å². The first-order valence-corrected chi connectivity index (χ1v) is 5.41. The molecule has 1 aromatic carbocycles. The molecule has 92 valence electrons. The second-order valence-electron chi connectivity index (χ2n) is 4.54. The van der Waals surface area contributed by atoms with Crippen LogP contribution in [0.15, 0.2) is 24.3 Å². The zero-order valence-corrected chi connectivity index (χ0v) is 10.3. The summed E-state index contributed by atoms with van der Waals surface area (Å²) in [5.74, 6) is -0.938. The van der Waals surface area contributed by atoms with E-state index in [9.17, 15) is 9.59 Å². The minimum absolute atomic E-state index is 0.0834. The summed E-state index contributed by atoms with van der Waals surface area (Å²) in [4.78, 5) is 21.8. The first kappa shape index (κ1) is 13.2. The maximum atomic E-state index is 11.1. The van der Waals surface area contributed by atoms with Crippen molar-refractivity contribution >= 4 is 11.9 Å². The number of benzene rings is 1. The van der Waals surface area contributed by atoms with E-state index in [1.807, 2.05) is 12.1 Å². The van der Waals surface area contributed by atoms with E-state index in [1.54, 1.807) is 26.0 Å². The fourth-order valence-electron chi connectivity index (χ4n) is 1.39. The van der Waals surface area contributed by atoms with E-state index in [0.717, 1.165) is 11.1 Å². The van der Waals surface area contributed by atoms with Crippen molar-refractivity contribution in [3.63, 3.8) is 0 Å². The highest BCUT2D eigenvalue weighted by Gasteiger charge is 2.28. The number of amides is 1. The first-order chi connectivity index (χ1) is 7.84. The van der Waals surface area contributed by atoms with Gasteiger partial charge in [0.1, 0.15) is 0 Å². The summed E-state index contributed by atoms with van der Waals surface area (Å²) in [6.45, 7) is 5.25. The third-order valence-corrected chi connectivity index (χ3v) is 2.75. The standard InChI is InChI=1S/C13H17NO3/c1-9(15)14-8-10-4-6-11(7-5-10)13(2,3)12(16)17/h4-7H,8H2,1-3H3,(H,14,15)(H,16,17). The molecule has 0 saturated heterocycles. The van der Waals surface area contributed by atoms with Crippen LogP contribution in [0.3, 0.4) is 0 Å². The minimum atomic E-state index is -0.896. The highest BCUT2D eigenvalue weighted by atomic mass is 16.4. The molecule has 2 N–H and O–H groups in total. The molecule has 0 aliphatic heterocycles. The fraction of sp³-hybridized carbons (Fsp3) is 0.385. The zero-order valence-electron chi connectivity index (χ0n) is 10.3. The summed E-state index contributed by atoms with van der Waals surface area (Å²) in [5, 5.41) is 11.8. The highest BCUT2D eigenvalue weighted by Crippen LogP contribution is 2.23. The molecule has 0 aliphatic carbocycles. The van der Waals surface area contributed by atoms with E-state index >= 15 is 0 Å². The molecule has 1 amide bonds. The molecule has 0 spiro atoms. The summed E-state index contributed by atoms with van der Waals surface area (Å²) in [6.07, 6.45) is 0. The molecular formula is C13H17NO3. The third kappa shape index (κ3) is 3.31. The molecule has 0 fully saturated rings. The summed E-state index contributed by atoms with van der Waals surface area (Å²) in [7, 11) is 0. The molecule has 0 atom stereocenters. The van der Waals surface area contributed by atoms with Crippen molar-refractivity contribution in [3.05, 3.63) is 35.4 Å². The van der Waals surface area contributed by atoms with Crippen molar-refractivity contribution in [2.45, 2.75) is 32.7 Å². The molecule has 4 heteroatoms. The van der Waals surface area contributed by atoms with Crippen LogP contribution in [0.4, 0.5) is 0 Å². The van der Waals surface area contributed by atoms with Crippen LogP contribution in [0.2, 0.25) is 0 Å². The van der Waals surface area contributed by atoms with Gasteiger partial charge in [-0.2, -0.15) is 0 Å². The smallest absolute Gasteiger partial charge is 0.313 e. The van der Waals surface area contributed by atoms with Crippen LogP contribution in [0.1, 0.15) is 31.9 Å². The molecule has 0 heterocycles. The Kier molecular flexibility index (Phi) is 3.89.